The van der Waals surface area contributed by atoms with Crippen molar-refractivity contribution in [2.45, 2.75) is 42.7 Å². The van der Waals surface area contributed by atoms with Crippen LogP contribution in [0.25, 0.3) is 0 Å². The number of carbonyl (C=O) groups is 1. The van der Waals surface area contributed by atoms with Gasteiger partial charge in [-0.25, -0.2) is 13.2 Å². The second-order valence-electron chi connectivity index (χ2n) is 9.23. The maximum absolute atomic E-state index is 14.8. The number of carbonyl (C=O) groups excluding carboxylic acids is 1. The van der Waals surface area contributed by atoms with E-state index in [2.05, 4.69) is 10.6 Å². The molecule has 174 valence electrons. The molecule has 3 heterocycles. The summed E-state index contributed by atoms with van der Waals surface area (Å²) in [5.74, 6) is -5.76. The first-order valence-corrected chi connectivity index (χ1v) is 11.1. The summed E-state index contributed by atoms with van der Waals surface area (Å²) in [4.78, 5) is 13.1. The van der Waals surface area contributed by atoms with Crippen molar-refractivity contribution >= 4 is 5.91 Å². The molecule has 2 fully saturated rings. The van der Waals surface area contributed by atoms with E-state index >= 15 is 0 Å². The molecular formula is C24H23F3N2O4. The van der Waals surface area contributed by atoms with Crippen molar-refractivity contribution in [2.24, 2.45) is 5.92 Å². The summed E-state index contributed by atoms with van der Waals surface area (Å²) >= 11 is 0. The highest BCUT2D eigenvalue weighted by molar-refractivity contribution is 5.86. The van der Waals surface area contributed by atoms with E-state index in [0.29, 0.717) is 47.6 Å². The molecule has 4 aliphatic rings. The largest absolute Gasteiger partial charge is 0.487 e. The minimum Gasteiger partial charge on any atom is -0.487 e. The van der Waals surface area contributed by atoms with Crippen LogP contribution in [0.15, 0.2) is 36.4 Å². The second kappa shape index (κ2) is 7.28. The molecule has 1 spiro atoms. The van der Waals surface area contributed by atoms with E-state index in [0.717, 1.165) is 13.1 Å². The molecule has 0 bridgehead atoms. The summed E-state index contributed by atoms with van der Waals surface area (Å²) in [5, 5.41) is 6.11. The van der Waals surface area contributed by atoms with E-state index in [9.17, 15) is 18.0 Å². The molecule has 1 amide bonds. The van der Waals surface area contributed by atoms with Crippen molar-refractivity contribution in [3.05, 3.63) is 53.3 Å². The highest BCUT2D eigenvalue weighted by Crippen LogP contribution is 2.62. The number of hydrogen-bond acceptors (Lipinski definition) is 5. The van der Waals surface area contributed by atoms with Gasteiger partial charge in [0.1, 0.15) is 23.1 Å². The summed E-state index contributed by atoms with van der Waals surface area (Å²) in [7, 11) is 0. The van der Waals surface area contributed by atoms with Gasteiger partial charge in [0.05, 0.1) is 12.0 Å². The normalized spacial score (nSPS) is 28.0. The smallest absolute Gasteiger partial charge is 0.268 e. The van der Waals surface area contributed by atoms with E-state index < -0.39 is 41.1 Å². The van der Waals surface area contributed by atoms with Gasteiger partial charge in [-0.3, -0.25) is 4.79 Å². The minimum atomic E-state index is -3.17. The van der Waals surface area contributed by atoms with E-state index in [-0.39, 0.29) is 6.79 Å². The number of rotatable bonds is 3. The van der Waals surface area contributed by atoms with E-state index in [1.54, 1.807) is 18.2 Å². The predicted molar refractivity (Wildman–Crippen MR) is 111 cm³/mol. The number of halogens is 3. The van der Waals surface area contributed by atoms with Crippen LogP contribution in [-0.4, -0.2) is 37.3 Å². The Balaban J connectivity index is 1.25. The Hall–Kier alpha value is -2.94. The fourth-order valence-corrected chi connectivity index (χ4v) is 5.39. The lowest BCUT2D eigenvalue weighted by Crippen LogP contribution is -2.51. The third-order valence-electron chi connectivity index (χ3n) is 7.18. The van der Waals surface area contributed by atoms with Crippen LogP contribution in [0, 0.1) is 11.7 Å². The van der Waals surface area contributed by atoms with Gasteiger partial charge in [-0.2, -0.15) is 0 Å². The van der Waals surface area contributed by atoms with Gasteiger partial charge in [0.25, 0.3) is 5.92 Å². The SMILES string of the molecule is O=C(NC1CC2(CCNCC2)Oc2cc(F)ccc21)C1C(c2ccc3c(c2)OCO3)C1(F)F. The molecule has 3 aliphatic heterocycles. The first-order valence-electron chi connectivity index (χ1n) is 11.1. The molecule has 6 nitrogen and oxygen atoms in total. The number of amides is 1. The first kappa shape index (κ1) is 20.7. The third-order valence-corrected chi connectivity index (χ3v) is 7.18. The Morgan fingerprint density at radius 3 is 2.64 bits per heavy atom. The maximum atomic E-state index is 14.8. The topological polar surface area (TPSA) is 68.8 Å². The van der Waals surface area contributed by atoms with Gasteiger partial charge in [-0.1, -0.05) is 12.1 Å². The van der Waals surface area contributed by atoms with Crippen molar-refractivity contribution in [2.75, 3.05) is 19.9 Å². The van der Waals surface area contributed by atoms with Crippen LogP contribution >= 0.6 is 0 Å². The Labute approximate surface area is 188 Å². The predicted octanol–water partition coefficient (Wildman–Crippen LogP) is 3.67. The number of piperidine rings is 1. The quantitative estimate of drug-likeness (QED) is 0.732. The Bertz CT molecular complexity index is 1120. The molecule has 1 aliphatic carbocycles. The van der Waals surface area contributed by atoms with Crippen LogP contribution in [-0.2, 0) is 4.79 Å². The monoisotopic (exact) mass is 460 g/mol. The van der Waals surface area contributed by atoms with Crippen molar-refractivity contribution < 1.29 is 32.2 Å². The van der Waals surface area contributed by atoms with Crippen LogP contribution in [0.4, 0.5) is 13.2 Å². The zero-order valence-corrected chi connectivity index (χ0v) is 17.7. The number of nitrogens with one attached hydrogen (secondary N) is 2. The average Bonchev–Trinajstić information content (AvgIpc) is 3.11. The molecule has 1 saturated carbocycles. The number of fused-ring (bicyclic) bond motifs is 2. The Morgan fingerprint density at radius 1 is 1.03 bits per heavy atom. The highest BCUT2D eigenvalue weighted by Gasteiger charge is 2.72. The van der Waals surface area contributed by atoms with Gasteiger partial charge in [-0.15, -0.1) is 0 Å². The fraction of sp³-hybridized carbons (Fsp3) is 0.458. The van der Waals surface area contributed by atoms with Gasteiger partial charge in [0.15, 0.2) is 11.5 Å². The standard InChI is InChI=1S/C24H23F3N2O4/c25-14-2-3-15-16(11-23(33-18(15)10-14)5-7-28-8-6-23)29-22(30)21-20(24(21,26)27)13-1-4-17-19(9-13)32-12-31-17/h1-4,9-10,16,20-21,28H,5-8,11-12H2,(H,29,30). The average molecular weight is 460 g/mol. The van der Waals surface area contributed by atoms with Crippen LogP contribution < -0.4 is 24.8 Å². The summed E-state index contributed by atoms with van der Waals surface area (Å²) in [5.41, 5.74) is 0.387. The van der Waals surface area contributed by atoms with Crippen LogP contribution in [0.5, 0.6) is 17.2 Å². The molecule has 3 atom stereocenters. The maximum Gasteiger partial charge on any atom is 0.268 e. The molecule has 3 unspecified atom stereocenters. The summed E-state index contributed by atoms with van der Waals surface area (Å²) < 4.78 is 60.2. The second-order valence-corrected chi connectivity index (χ2v) is 9.23. The van der Waals surface area contributed by atoms with Crippen LogP contribution in [0.2, 0.25) is 0 Å². The minimum absolute atomic E-state index is 0.0464. The lowest BCUT2D eigenvalue weighted by molar-refractivity contribution is -0.126. The summed E-state index contributed by atoms with van der Waals surface area (Å²) in [6.07, 6.45) is 1.83. The van der Waals surface area contributed by atoms with Gasteiger partial charge in [-0.05, 0) is 49.7 Å². The van der Waals surface area contributed by atoms with E-state index in [1.165, 1.54) is 18.2 Å². The number of ether oxygens (including phenoxy) is 3. The lowest BCUT2D eigenvalue weighted by Gasteiger charge is -2.44. The Kier molecular flexibility index (Phi) is 4.56. The summed E-state index contributed by atoms with van der Waals surface area (Å²) in [6.45, 7) is 1.52. The van der Waals surface area contributed by atoms with E-state index in [4.69, 9.17) is 14.2 Å². The number of alkyl halides is 2. The molecule has 9 heteroatoms. The molecular weight excluding hydrogens is 437 g/mol. The van der Waals surface area contributed by atoms with E-state index in [1.807, 2.05) is 0 Å². The van der Waals surface area contributed by atoms with Gasteiger partial charge >= 0.3 is 0 Å². The zero-order valence-electron chi connectivity index (χ0n) is 17.7. The zero-order chi connectivity index (χ0) is 22.8. The molecule has 2 aromatic carbocycles. The molecule has 0 radical (unpaired) electrons. The molecule has 2 N–H and O–H groups in total. The van der Waals surface area contributed by atoms with Crippen molar-refractivity contribution in [1.29, 1.82) is 0 Å². The lowest BCUT2D eigenvalue weighted by atomic mass is 9.81. The molecule has 33 heavy (non-hydrogen) atoms. The van der Waals surface area contributed by atoms with Crippen molar-refractivity contribution in [3.8, 4) is 17.2 Å². The summed E-state index contributed by atoms with van der Waals surface area (Å²) in [6, 6.07) is 8.28. The fourth-order valence-electron chi connectivity index (χ4n) is 5.39. The highest BCUT2D eigenvalue weighted by atomic mass is 19.3. The first-order chi connectivity index (χ1) is 15.9. The van der Waals surface area contributed by atoms with Gasteiger partial charge < -0.3 is 24.8 Å². The molecule has 6 rings (SSSR count). The number of hydrogen-bond donors (Lipinski definition) is 2. The van der Waals surface area contributed by atoms with Gasteiger partial charge in [0, 0.05) is 18.1 Å². The number of benzene rings is 2. The Morgan fingerprint density at radius 2 is 1.82 bits per heavy atom. The van der Waals surface area contributed by atoms with Gasteiger partial charge in [0.2, 0.25) is 12.7 Å². The molecule has 2 aromatic rings. The van der Waals surface area contributed by atoms with Crippen LogP contribution in [0.3, 0.4) is 0 Å². The third kappa shape index (κ3) is 3.40. The molecule has 1 saturated heterocycles. The van der Waals surface area contributed by atoms with Crippen molar-refractivity contribution in [3.63, 3.8) is 0 Å². The molecule has 0 aromatic heterocycles. The van der Waals surface area contributed by atoms with Crippen LogP contribution in [0.1, 0.15) is 42.3 Å². The van der Waals surface area contributed by atoms with Crippen molar-refractivity contribution in [1.82, 2.24) is 10.6 Å².